The Morgan fingerprint density at radius 1 is 1.19 bits per heavy atom. The van der Waals surface area contributed by atoms with Crippen molar-refractivity contribution in [3.8, 4) is 5.69 Å². The molecule has 0 saturated heterocycles. The number of nitrogens with one attached hydrogen (secondary N) is 1. The fraction of sp³-hybridized carbons (Fsp3) is 0.368. The second kappa shape index (κ2) is 8.35. The first-order valence-electron chi connectivity index (χ1n) is 8.93. The largest absolute Gasteiger partial charge is 0.356 e. The Balaban J connectivity index is 1.72. The predicted molar refractivity (Wildman–Crippen MR) is 104 cm³/mol. The summed E-state index contributed by atoms with van der Waals surface area (Å²) in [5.41, 5.74) is 0.707. The minimum Gasteiger partial charge on any atom is -0.356 e. The van der Waals surface area contributed by atoms with Crippen molar-refractivity contribution < 1.29 is 4.79 Å². The molecule has 8 heteroatoms. The summed E-state index contributed by atoms with van der Waals surface area (Å²) in [6, 6.07) is 7.00. The van der Waals surface area contributed by atoms with Crippen molar-refractivity contribution in [2.75, 3.05) is 6.54 Å². The molecule has 142 valence electrons. The number of hydrogen-bond donors (Lipinski definition) is 1. The maximum Gasteiger partial charge on any atom is 0.300 e. The Hall–Kier alpha value is -2.67. The molecule has 3 rings (SSSR count). The molecule has 0 saturated carbocycles. The van der Waals surface area contributed by atoms with Crippen LogP contribution in [-0.2, 0) is 11.2 Å². The molecule has 0 radical (unpaired) electrons. The minimum absolute atomic E-state index is 0.0302. The van der Waals surface area contributed by atoms with Gasteiger partial charge in [-0.3, -0.25) is 18.6 Å². The van der Waals surface area contributed by atoms with E-state index >= 15 is 0 Å². The average Bonchev–Trinajstić information content (AvgIpc) is 3.05. The average molecular weight is 388 g/mol. The van der Waals surface area contributed by atoms with Crippen LogP contribution in [0, 0.1) is 5.92 Å². The fourth-order valence-corrected chi connectivity index (χ4v) is 2.85. The van der Waals surface area contributed by atoms with Gasteiger partial charge in [-0.2, -0.15) is 0 Å². The lowest BCUT2D eigenvalue weighted by molar-refractivity contribution is -0.121. The van der Waals surface area contributed by atoms with Crippen LogP contribution in [0.2, 0.25) is 5.02 Å². The number of carbonyl (C=O) groups excluding carboxylic acids is 1. The van der Waals surface area contributed by atoms with Crippen LogP contribution in [0.15, 0.2) is 41.5 Å². The molecule has 0 atom stereocenters. The first-order valence-corrected chi connectivity index (χ1v) is 9.31. The molecule has 1 N–H and O–H groups in total. The highest BCUT2D eigenvalue weighted by Crippen LogP contribution is 2.12. The van der Waals surface area contributed by atoms with Crippen molar-refractivity contribution >= 4 is 23.2 Å². The SMILES string of the molecule is CC(C)CNC(=O)CCCc1nnc2c(=O)n(-c3ccc(Cl)cc3)ccn12. The molecule has 0 spiro atoms. The van der Waals surface area contributed by atoms with Gasteiger partial charge in [-0.1, -0.05) is 25.4 Å². The van der Waals surface area contributed by atoms with Gasteiger partial charge in [0, 0.05) is 42.5 Å². The van der Waals surface area contributed by atoms with Gasteiger partial charge in [0.15, 0.2) is 0 Å². The summed E-state index contributed by atoms with van der Waals surface area (Å²) in [4.78, 5) is 24.5. The number of rotatable bonds is 7. The Bertz CT molecular complexity index is 991. The van der Waals surface area contributed by atoms with Crippen LogP contribution in [0.25, 0.3) is 11.3 Å². The first kappa shape index (κ1) is 19.1. The Morgan fingerprint density at radius 2 is 1.93 bits per heavy atom. The zero-order valence-electron chi connectivity index (χ0n) is 15.4. The second-order valence-electron chi connectivity index (χ2n) is 6.81. The van der Waals surface area contributed by atoms with Gasteiger partial charge in [0.1, 0.15) is 5.82 Å². The Morgan fingerprint density at radius 3 is 2.63 bits per heavy atom. The van der Waals surface area contributed by atoms with Crippen LogP contribution in [0.4, 0.5) is 0 Å². The predicted octanol–water partition coefficient (Wildman–Crippen LogP) is 2.63. The van der Waals surface area contributed by atoms with Crippen molar-refractivity contribution in [3.63, 3.8) is 0 Å². The van der Waals surface area contributed by atoms with Gasteiger partial charge < -0.3 is 5.32 Å². The van der Waals surface area contributed by atoms with Crippen LogP contribution in [0.3, 0.4) is 0 Å². The highest BCUT2D eigenvalue weighted by molar-refractivity contribution is 6.30. The van der Waals surface area contributed by atoms with Crippen molar-refractivity contribution in [1.82, 2.24) is 24.5 Å². The second-order valence-corrected chi connectivity index (χ2v) is 7.25. The van der Waals surface area contributed by atoms with Crippen LogP contribution in [-0.4, -0.2) is 31.6 Å². The summed E-state index contributed by atoms with van der Waals surface area (Å²) >= 11 is 5.90. The van der Waals surface area contributed by atoms with E-state index in [-0.39, 0.29) is 17.1 Å². The van der Waals surface area contributed by atoms with Gasteiger partial charge in [-0.15, -0.1) is 10.2 Å². The minimum atomic E-state index is -0.256. The van der Waals surface area contributed by atoms with E-state index in [0.29, 0.717) is 48.3 Å². The van der Waals surface area contributed by atoms with E-state index in [1.807, 2.05) is 0 Å². The van der Waals surface area contributed by atoms with E-state index in [4.69, 9.17) is 11.6 Å². The van der Waals surface area contributed by atoms with Crippen molar-refractivity contribution in [2.45, 2.75) is 33.1 Å². The zero-order valence-corrected chi connectivity index (χ0v) is 16.1. The number of nitrogens with zero attached hydrogens (tertiary/aromatic N) is 4. The molecular formula is C19H22ClN5O2. The van der Waals surface area contributed by atoms with Gasteiger partial charge in [0.25, 0.3) is 0 Å². The molecule has 0 unspecified atom stereocenters. The molecule has 0 bridgehead atoms. The third kappa shape index (κ3) is 4.54. The van der Waals surface area contributed by atoms with Crippen molar-refractivity contribution in [2.24, 2.45) is 5.92 Å². The van der Waals surface area contributed by atoms with E-state index in [9.17, 15) is 9.59 Å². The van der Waals surface area contributed by atoms with Gasteiger partial charge in [0.05, 0.1) is 0 Å². The van der Waals surface area contributed by atoms with Crippen LogP contribution < -0.4 is 10.9 Å². The zero-order chi connectivity index (χ0) is 19.4. The van der Waals surface area contributed by atoms with Gasteiger partial charge in [-0.25, -0.2) is 0 Å². The summed E-state index contributed by atoms with van der Waals surface area (Å²) in [5, 5.41) is 11.7. The summed E-state index contributed by atoms with van der Waals surface area (Å²) in [5.74, 6) is 1.13. The number of benzene rings is 1. The number of hydrogen-bond acceptors (Lipinski definition) is 4. The maximum atomic E-state index is 12.7. The van der Waals surface area contributed by atoms with Gasteiger partial charge >= 0.3 is 5.56 Å². The Kier molecular flexibility index (Phi) is 5.91. The normalized spacial score (nSPS) is 11.3. The van der Waals surface area contributed by atoms with E-state index in [0.717, 1.165) is 0 Å². The molecule has 2 heterocycles. The molecule has 0 fully saturated rings. The monoisotopic (exact) mass is 387 g/mol. The quantitative estimate of drug-likeness (QED) is 0.675. The topological polar surface area (TPSA) is 81.3 Å². The molecule has 2 aromatic heterocycles. The molecule has 1 amide bonds. The molecule has 0 aliphatic rings. The number of fused-ring (bicyclic) bond motifs is 1. The van der Waals surface area contributed by atoms with Crippen molar-refractivity contribution in [1.29, 1.82) is 0 Å². The van der Waals surface area contributed by atoms with Crippen LogP contribution in [0.1, 0.15) is 32.5 Å². The number of halogens is 1. The first-order chi connectivity index (χ1) is 13.0. The van der Waals surface area contributed by atoms with Crippen molar-refractivity contribution in [3.05, 3.63) is 57.9 Å². The molecule has 3 aromatic rings. The summed E-state index contributed by atoms with van der Waals surface area (Å²) in [7, 11) is 0. The highest BCUT2D eigenvalue weighted by Gasteiger charge is 2.12. The van der Waals surface area contributed by atoms with Crippen LogP contribution in [0.5, 0.6) is 0 Å². The number of carbonyl (C=O) groups is 1. The maximum absolute atomic E-state index is 12.7. The Labute approximate surface area is 162 Å². The third-order valence-electron chi connectivity index (χ3n) is 4.16. The fourth-order valence-electron chi connectivity index (χ4n) is 2.72. The van der Waals surface area contributed by atoms with E-state index in [2.05, 4.69) is 29.4 Å². The number of aromatic nitrogens is 4. The molecule has 0 aliphatic carbocycles. The standard InChI is InChI=1S/C19H22ClN5O2/c1-13(2)12-21-17(26)5-3-4-16-22-23-18-19(27)24(10-11-25(16)18)15-8-6-14(20)7-9-15/h6-11,13H,3-5,12H2,1-2H3,(H,21,26). The lowest BCUT2D eigenvalue weighted by Crippen LogP contribution is -2.27. The highest BCUT2D eigenvalue weighted by atomic mass is 35.5. The van der Waals surface area contributed by atoms with Gasteiger partial charge in [0.2, 0.25) is 11.6 Å². The van der Waals surface area contributed by atoms with Gasteiger partial charge in [-0.05, 0) is 36.6 Å². The molecule has 27 heavy (non-hydrogen) atoms. The molecule has 0 aliphatic heterocycles. The van der Waals surface area contributed by atoms with E-state index in [1.165, 1.54) is 4.57 Å². The summed E-state index contributed by atoms with van der Waals surface area (Å²) in [6.45, 7) is 4.79. The number of amides is 1. The molecular weight excluding hydrogens is 366 g/mol. The summed E-state index contributed by atoms with van der Waals surface area (Å²) < 4.78 is 3.18. The summed E-state index contributed by atoms with van der Waals surface area (Å²) in [6.07, 6.45) is 5.08. The lowest BCUT2D eigenvalue weighted by atomic mass is 10.2. The molecule has 7 nitrogen and oxygen atoms in total. The molecule has 1 aromatic carbocycles. The van der Waals surface area contributed by atoms with Crippen LogP contribution >= 0.6 is 11.6 Å². The third-order valence-corrected chi connectivity index (χ3v) is 4.41. The smallest absolute Gasteiger partial charge is 0.300 e. The number of aryl methyl sites for hydroxylation is 1. The van der Waals surface area contributed by atoms with E-state index < -0.39 is 0 Å². The lowest BCUT2D eigenvalue weighted by Gasteiger charge is -2.07. The van der Waals surface area contributed by atoms with E-state index in [1.54, 1.807) is 41.1 Å².